The van der Waals surface area contributed by atoms with E-state index in [-0.39, 0.29) is 12.1 Å². The minimum Gasteiger partial charge on any atom is -0.390 e. The Bertz CT molecular complexity index is 598. The van der Waals surface area contributed by atoms with E-state index in [1.54, 1.807) is 11.3 Å². The van der Waals surface area contributed by atoms with Gasteiger partial charge in [-0.25, -0.2) is 4.79 Å². The summed E-state index contributed by atoms with van der Waals surface area (Å²) in [6, 6.07) is 9.22. The number of aliphatic hydroxyl groups is 1. The Labute approximate surface area is 121 Å². The van der Waals surface area contributed by atoms with Gasteiger partial charge in [0.25, 0.3) is 0 Å². The van der Waals surface area contributed by atoms with Crippen LogP contribution in [0.3, 0.4) is 0 Å². The largest absolute Gasteiger partial charge is 0.390 e. The molecule has 2 aromatic rings. The molecule has 4 nitrogen and oxygen atoms in total. The maximum absolute atomic E-state index is 11.9. The van der Waals surface area contributed by atoms with Crippen LogP contribution in [-0.2, 0) is 13.0 Å². The van der Waals surface area contributed by atoms with Crippen LogP contribution < -0.4 is 10.6 Å². The smallest absolute Gasteiger partial charge is 0.315 e. The topological polar surface area (TPSA) is 61.4 Å². The summed E-state index contributed by atoms with van der Waals surface area (Å²) in [7, 11) is 0. The molecule has 2 atom stereocenters. The number of benzene rings is 1. The highest BCUT2D eigenvalue weighted by Gasteiger charge is 2.31. The van der Waals surface area contributed by atoms with Crippen molar-refractivity contribution in [3.8, 4) is 0 Å². The molecule has 0 spiro atoms. The second-order valence-corrected chi connectivity index (χ2v) is 5.69. The highest BCUT2D eigenvalue weighted by Crippen LogP contribution is 2.30. The lowest BCUT2D eigenvalue weighted by Gasteiger charge is -2.18. The van der Waals surface area contributed by atoms with Crippen molar-refractivity contribution in [2.45, 2.75) is 25.1 Å². The lowest BCUT2D eigenvalue weighted by molar-refractivity contribution is 0.142. The number of carbonyl (C=O) groups excluding carboxylic acids is 1. The van der Waals surface area contributed by atoms with E-state index in [0.29, 0.717) is 13.0 Å². The Morgan fingerprint density at radius 2 is 2.20 bits per heavy atom. The molecule has 0 saturated heterocycles. The Kier molecular flexibility index (Phi) is 3.71. The first-order valence-electron chi connectivity index (χ1n) is 6.55. The monoisotopic (exact) mass is 288 g/mol. The van der Waals surface area contributed by atoms with Crippen LogP contribution in [0.4, 0.5) is 4.79 Å². The fourth-order valence-electron chi connectivity index (χ4n) is 2.52. The fraction of sp³-hybridized carbons (Fsp3) is 0.267. The first-order valence-corrected chi connectivity index (χ1v) is 7.49. The van der Waals surface area contributed by atoms with Gasteiger partial charge < -0.3 is 15.7 Å². The van der Waals surface area contributed by atoms with Crippen molar-refractivity contribution in [1.82, 2.24) is 10.6 Å². The van der Waals surface area contributed by atoms with Gasteiger partial charge in [-0.1, -0.05) is 24.3 Å². The number of amides is 2. The summed E-state index contributed by atoms with van der Waals surface area (Å²) in [5, 5.41) is 19.7. The van der Waals surface area contributed by atoms with E-state index >= 15 is 0 Å². The SMILES string of the molecule is O=C(NCc1ccsc1)NC1c2ccccc2CC1O. The van der Waals surface area contributed by atoms with Crippen LogP contribution >= 0.6 is 11.3 Å². The first-order chi connectivity index (χ1) is 9.74. The van der Waals surface area contributed by atoms with Crippen LogP contribution in [0, 0.1) is 0 Å². The highest BCUT2D eigenvalue weighted by atomic mass is 32.1. The van der Waals surface area contributed by atoms with Crippen LogP contribution in [-0.4, -0.2) is 17.2 Å². The van der Waals surface area contributed by atoms with Crippen LogP contribution in [0.25, 0.3) is 0 Å². The predicted molar refractivity (Wildman–Crippen MR) is 78.6 cm³/mol. The summed E-state index contributed by atoms with van der Waals surface area (Å²) in [5.41, 5.74) is 3.19. The number of hydrogen-bond donors (Lipinski definition) is 3. The molecule has 5 heteroatoms. The molecule has 1 aromatic heterocycles. The number of urea groups is 1. The second kappa shape index (κ2) is 5.64. The maximum Gasteiger partial charge on any atom is 0.315 e. The molecule has 0 aliphatic heterocycles. The van der Waals surface area contributed by atoms with Crippen LogP contribution in [0.2, 0.25) is 0 Å². The van der Waals surface area contributed by atoms with Crippen molar-refractivity contribution in [3.63, 3.8) is 0 Å². The van der Waals surface area contributed by atoms with Gasteiger partial charge in [0.15, 0.2) is 0 Å². The van der Waals surface area contributed by atoms with E-state index in [0.717, 1.165) is 16.7 Å². The molecule has 1 aliphatic carbocycles. The molecule has 20 heavy (non-hydrogen) atoms. The summed E-state index contributed by atoms with van der Waals surface area (Å²) in [5.74, 6) is 0. The molecule has 1 aliphatic rings. The molecule has 3 rings (SSSR count). The van der Waals surface area contributed by atoms with Gasteiger partial charge in [0, 0.05) is 13.0 Å². The van der Waals surface area contributed by atoms with Crippen molar-refractivity contribution >= 4 is 17.4 Å². The number of nitrogens with one attached hydrogen (secondary N) is 2. The quantitative estimate of drug-likeness (QED) is 0.811. The van der Waals surface area contributed by atoms with Crippen molar-refractivity contribution in [2.24, 2.45) is 0 Å². The van der Waals surface area contributed by atoms with Gasteiger partial charge in [0.05, 0.1) is 12.1 Å². The number of rotatable bonds is 3. The molecule has 3 N–H and O–H groups in total. The van der Waals surface area contributed by atoms with E-state index in [4.69, 9.17) is 0 Å². The zero-order valence-corrected chi connectivity index (χ0v) is 11.7. The van der Waals surface area contributed by atoms with Crippen LogP contribution in [0.1, 0.15) is 22.7 Å². The number of hydrogen-bond acceptors (Lipinski definition) is 3. The van der Waals surface area contributed by atoms with Crippen molar-refractivity contribution < 1.29 is 9.90 Å². The summed E-state index contributed by atoms with van der Waals surface area (Å²) >= 11 is 1.60. The lowest BCUT2D eigenvalue weighted by atomic mass is 10.1. The highest BCUT2D eigenvalue weighted by molar-refractivity contribution is 7.07. The Balaban J connectivity index is 1.61. The predicted octanol–water partition coefficient (Wildman–Crippen LogP) is 2.21. The van der Waals surface area contributed by atoms with Crippen molar-refractivity contribution in [3.05, 3.63) is 57.8 Å². The molecule has 0 bridgehead atoms. The van der Waals surface area contributed by atoms with Gasteiger partial charge in [-0.3, -0.25) is 0 Å². The van der Waals surface area contributed by atoms with Gasteiger partial charge in [0.1, 0.15) is 0 Å². The van der Waals surface area contributed by atoms with Crippen LogP contribution in [0.15, 0.2) is 41.1 Å². The average molecular weight is 288 g/mol. The third kappa shape index (κ3) is 2.69. The van der Waals surface area contributed by atoms with Gasteiger partial charge in [-0.05, 0) is 33.5 Å². The first kappa shape index (κ1) is 13.1. The molecule has 104 valence electrons. The molecule has 1 heterocycles. The molecule has 0 fully saturated rings. The van der Waals surface area contributed by atoms with Gasteiger partial charge in [-0.15, -0.1) is 0 Å². The number of aliphatic hydroxyl groups excluding tert-OH is 1. The maximum atomic E-state index is 11.9. The van der Waals surface area contributed by atoms with Crippen molar-refractivity contribution in [2.75, 3.05) is 0 Å². The minimum atomic E-state index is -0.556. The summed E-state index contributed by atoms with van der Waals surface area (Å²) in [4.78, 5) is 11.9. The molecule has 2 unspecified atom stereocenters. The average Bonchev–Trinajstić information content (AvgIpc) is 3.06. The zero-order chi connectivity index (χ0) is 13.9. The normalized spacial score (nSPS) is 20.4. The van der Waals surface area contributed by atoms with E-state index in [9.17, 15) is 9.90 Å². The van der Waals surface area contributed by atoms with Gasteiger partial charge in [-0.2, -0.15) is 11.3 Å². The second-order valence-electron chi connectivity index (χ2n) is 4.91. The zero-order valence-electron chi connectivity index (χ0n) is 10.9. The molecular weight excluding hydrogens is 272 g/mol. The van der Waals surface area contributed by atoms with E-state index < -0.39 is 6.10 Å². The summed E-state index contributed by atoms with van der Waals surface area (Å²) in [6.07, 6.45) is 0.0327. The van der Waals surface area contributed by atoms with E-state index in [1.807, 2.05) is 41.1 Å². The minimum absolute atomic E-state index is 0.253. The third-order valence-electron chi connectivity index (χ3n) is 3.52. The number of carbonyl (C=O) groups is 1. The van der Waals surface area contributed by atoms with E-state index in [2.05, 4.69) is 10.6 Å². The number of thiophene rings is 1. The Hall–Kier alpha value is -1.85. The molecular formula is C15H16N2O2S. The Morgan fingerprint density at radius 3 is 3.00 bits per heavy atom. The standard InChI is InChI=1S/C15H16N2O2S/c18-13-7-11-3-1-2-4-12(11)14(13)17-15(19)16-8-10-5-6-20-9-10/h1-6,9,13-14,18H,7-8H2,(H2,16,17,19). The van der Waals surface area contributed by atoms with Crippen LogP contribution in [0.5, 0.6) is 0 Å². The van der Waals surface area contributed by atoms with E-state index in [1.165, 1.54) is 0 Å². The molecule has 0 radical (unpaired) electrons. The van der Waals surface area contributed by atoms with Gasteiger partial charge >= 0.3 is 6.03 Å². The third-order valence-corrected chi connectivity index (χ3v) is 4.26. The Morgan fingerprint density at radius 1 is 1.35 bits per heavy atom. The molecule has 0 saturated carbocycles. The number of fused-ring (bicyclic) bond motifs is 1. The lowest BCUT2D eigenvalue weighted by Crippen LogP contribution is -2.40. The summed E-state index contributed by atoms with van der Waals surface area (Å²) < 4.78 is 0. The fourth-order valence-corrected chi connectivity index (χ4v) is 3.18. The molecule has 2 amide bonds. The van der Waals surface area contributed by atoms with Crippen molar-refractivity contribution in [1.29, 1.82) is 0 Å². The van der Waals surface area contributed by atoms with Gasteiger partial charge in [0.2, 0.25) is 0 Å². The molecule has 1 aromatic carbocycles. The summed E-state index contributed by atoms with van der Waals surface area (Å²) in [6.45, 7) is 0.500.